The van der Waals surface area contributed by atoms with Crippen molar-refractivity contribution in [1.29, 1.82) is 0 Å². The molecule has 2 rings (SSSR count). The molecule has 0 saturated heterocycles. The predicted molar refractivity (Wildman–Crippen MR) is 80.7 cm³/mol. The van der Waals surface area contributed by atoms with Crippen molar-refractivity contribution in [2.45, 2.75) is 13.2 Å². The smallest absolute Gasteiger partial charge is 0.265 e. The summed E-state index contributed by atoms with van der Waals surface area (Å²) in [5, 5.41) is 0. The lowest BCUT2D eigenvalue weighted by Crippen LogP contribution is -2.30. The molecule has 2 aromatic rings. The molecule has 0 spiro atoms. The van der Waals surface area contributed by atoms with Crippen LogP contribution in [0.2, 0.25) is 0 Å². The predicted octanol–water partition coefficient (Wildman–Crippen LogP) is 2.91. The molecule has 0 aliphatic rings. The van der Waals surface area contributed by atoms with Gasteiger partial charge in [0.1, 0.15) is 5.82 Å². The Hall–Kier alpha value is -1.76. The summed E-state index contributed by atoms with van der Waals surface area (Å²) in [4.78, 5) is 11.4. The first-order valence-electron chi connectivity index (χ1n) is 6.22. The molecule has 0 atom stereocenters. The van der Waals surface area contributed by atoms with Crippen LogP contribution < -0.4 is 11.3 Å². The van der Waals surface area contributed by atoms with Gasteiger partial charge in [0.15, 0.2) is 0 Å². The normalized spacial score (nSPS) is 10.4. The zero-order valence-corrected chi connectivity index (χ0v) is 12.7. The lowest BCUT2D eigenvalue weighted by atomic mass is 10.1. The van der Waals surface area contributed by atoms with Crippen LogP contribution in [0.3, 0.4) is 0 Å². The molecule has 1 amide bonds. The number of hydrazine groups is 1. The second-order valence-electron chi connectivity index (χ2n) is 4.36. The molecule has 0 radical (unpaired) electrons. The highest BCUT2D eigenvalue weighted by atomic mass is 79.9. The molecule has 0 aliphatic heterocycles. The summed E-state index contributed by atoms with van der Waals surface area (Å²) < 4.78 is 20.1. The minimum absolute atomic E-state index is 0.0683. The Labute approximate surface area is 130 Å². The van der Waals surface area contributed by atoms with Crippen LogP contribution in [-0.4, -0.2) is 5.91 Å². The van der Waals surface area contributed by atoms with E-state index in [0.29, 0.717) is 17.7 Å². The standard InChI is InChI=1S/C15H14BrFN2O2/c16-13-4-2-1-3-11(13)8-21-9-12-7-10(15(20)19-18)5-6-14(12)17/h1-7H,8-9,18H2,(H,19,20). The number of ether oxygens (including phenoxy) is 1. The van der Waals surface area contributed by atoms with Crippen molar-refractivity contribution in [1.82, 2.24) is 5.43 Å². The van der Waals surface area contributed by atoms with Crippen molar-refractivity contribution in [2.24, 2.45) is 5.84 Å². The van der Waals surface area contributed by atoms with Crippen LogP contribution >= 0.6 is 15.9 Å². The van der Waals surface area contributed by atoms with Gasteiger partial charge in [-0.15, -0.1) is 0 Å². The molecule has 110 valence electrons. The molecule has 6 heteroatoms. The van der Waals surface area contributed by atoms with E-state index < -0.39 is 11.7 Å². The Morgan fingerprint density at radius 1 is 1.19 bits per heavy atom. The van der Waals surface area contributed by atoms with Crippen molar-refractivity contribution < 1.29 is 13.9 Å². The summed E-state index contributed by atoms with van der Waals surface area (Å²) in [5.41, 5.74) is 3.57. The maximum absolute atomic E-state index is 13.7. The molecular weight excluding hydrogens is 339 g/mol. The average Bonchev–Trinajstić information content (AvgIpc) is 2.50. The number of hydrogen-bond acceptors (Lipinski definition) is 3. The summed E-state index contributed by atoms with van der Waals surface area (Å²) >= 11 is 3.42. The molecule has 0 unspecified atom stereocenters. The Morgan fingerprint density at radius 2 is 1.90 bits per heavy atom. The molecule has 4 nitrogen and oxygen atoms in total. The van der Waals surface area contributed by atoms with Gasteiger partial charge in [0.25, 0.3) is 5.91 Å². The van der Waals surface area contributed by atoms with E-state index >= 15 is 0 Å². The van der Waals surface area contributed by atoms with Gasteiger partial charge in [-0.1, -0.05) is 34.1 Å². The van der Waals surface area contributed by atoms with Gasteiger partial charge in [0.05, 0.1) is 13.2 Å². The first-order chi connectivity index (χ1) is 10.1. The SMILES string of the molecule is NNC(=O)c1ccc(F)c(COCc2ccccc2Br)c1. The number of nitrogens with two attached hydrogens (primary N) is 1. The number of halogens is 2. The van der Waals surface area contributed by atoms with E-state index in [4.69, 9.17) is 10.6 Å². The van der Waals surface area contributed by atoms with Gasteiger partial charge in [0.2, 0.25) is 0 Å². The molecule has 0 saturated carbocycles. The lowest BCUT2D eigenvalue weighted by molar-refractivity contribution is 0.0950. The Bertz CT molecular complexity index is 649. The maximum Gasteiger partial charge on any atom is 0.265 e. The number of amides is 1. The van der Waals surface area contributed by atoms with Crippen molar-refractivity contribution in [2.75, 3.05) is 0 Å². The number of rotatable bonds is 5. The van der Waals surface area contributed by atoms with Crippen molar-refractivity contribution in [3.8, 4) is 0 Å². The number of carbonyl (C=O) groups excluding carboxylic acids is 1. The zero-order chi connectivity index (χ0) is 15.2. The fraction of sp³-hybridized carbons (Fsp3) is 0.133. The Balaban J connectivity index is 2.03. The van der Waals surface area contributed by atoms with Gasteiger partial charge in [-0.3, -0.25) is 10.2 Å². The summed E-state index contributed by atoms with van der Waals surface area (Å²) in [7, 11) is 0. The topological polar surface area (TPSA) is 64.3 Å². The molecule has 0 aliphatic carbocycles. The average molecular weight is 353 g/mol. The van der Waals surface area contributed by atoms with Crippen LogP contribution in [0.25, 0.3) is 0 Å². The number of carbonyl (C=O) groups is 1. The van der Waals surface area contributed by atoms with Crippen molar-refractivity contribution in [3.63, 3.8) is 0 Å². The first-order valence-corrected chi connectivity index (χ1v) is 7.01. The Kier molecular flexibility index (Phi) is 5.44. The number of nitrogens with one attached hydrogen (secondary N) is 1. The lowest BCUT2D eigenvalue weighted by Gasteiger charge is -2.08. The summed E-state index contributed by atoms with van der Waals surface area (Å²) in [6.07, 6.45) is 0. The van der Waals surface area contributed by atoms with Gasteiger partial charge < -0.3 is 4.74 Å². The molecule has 21 heavy (non-hydrogen) atoms. The van der Waals surface area contributed by atoms with Crippen LogP contribution in [-0.2, 0) is 18.0 Å². The zero-order valence-electron chi connectivity index (χ0n) is 11.1. The molecular formula is C15H14BrFN2O2. The first kappa shape index (κ1) is 15.6. The van der Waals surface area contributed by atoms with Crippen molar-refractivity contribution in [3.05, 3.63) is 69.4 Å². The minimum atomic E-state index is -0.470. The summed E-state index contributed by atoms with van der Waals surface area (Å²) in [6, 6.07) is 11.6. The van der Waals surface area contributed by atoms with Crippen molar-refractivity contribution >= 4 is 21.8 Å². The largest absolute Gasteiger partial charge is 0.372 e. The number of nitrogen functional groups attached to an aromatic ring is 1. The highest BCUT2D eigenvalue weighted by Gasteiger charge is 2.09. The van der Waals surface area contributed by atoms with E-state index in [1.165, 1.54) is 18.2 Å². The molecule has 0 fully saturated rings. The monoisotopic (exact) mass is 352 g/mol. The fourth-order valence-electron chi connectivity index (χ4n) is 1.80. The van der Waals surface area contributed by atoms with Crippen LogP contribution in [0.4, 0.5) is 4.39 Å². The molecule has 2 aromatic carbocycles. The van der Waals surface area contributed by atoms with Gasteiger partial charge in [-0.25, -0.2) is 10.2 Å². The molecule has 3 N–H and O–H groups in total. The van der Waals surface area contributed by atoms with E-state index in [1.54, 1.807) is 0 Å². The third kappa shape index (κ3) is 4.10. The van der Waals surface area contributed by atoms with E-state index in [1.807, 2.05) is 29.7 Å². The molecule has 0 heterocycles. The highest BCUT2D eigenvalue weighted by molar-refractivity contribution is 9.10. The van der Waals surface area contributed by atoms with Gasteiger partial charge >= 0.3 is 0 Å². The van der Waals surface area contributed by atoms with Crippen LogP contribution in [0.5, 0.6) is 0 Å². The number of hydrogen-bond donors (Lipinski definition) is 2. The second-order valence-corrected chi connectivity index (χ2v) is 5.22. The van der Waals surface area contributed by atoms with E-state index in [2.05, 4.69) is 15.9 Å². The van der Waals surface area contributed by atoms with Gasteiger partial charge in [-0.2, -0.15) is 0 Å². The van der Waals surface area contributed by atoms with E-state index in [0.717, 1.165) is 10.0 Å². The highest BCUT2D eigenvalue weighted by Crippen LogP contribution is 2.18. The van der Waals surface area contributed by atoms with Crippen LogP contribution in [0.1, 0.15) is 21.5 Å². The second kappa shape index (κ2) is 7.31. The van der Waals surface area contributed by atoms with Gasteiger partial charge in [-0.05, 0) is 29.8 Å². The third-order valence-electron chi connectivity index (χ3n) is 2.91. The Morgan fingerprint density at radius 3 is 2.62 bits per heavy atom. The molecule has 0 aromatic heterocycles. The maximum atomic E-state index is 13.7. The third-order valence-corrected chi connectivity index (χ3v) is 3.69. The van der Waals surface area contributed by atoms with Gasteiger partial charge in [0, 0.05) is 15.6 Å². The molecule has 0 bridgehead atoms. The summed E-state index contributed by atoms with van der Waals surface area (Å²) in [5.74, 6) is 4.16. The van der Waals surface area contributed by atoms with E-state index in [-0.39, 0.29) is 6.61 Å². The van der Waals surface area contributed by atoms with Crippen LogP contribution in [0, 0.1) is 5.82 Å². The number of benzene rings is 2. The fourth-order valence-corrected chi connectivity index (χ4v) is 2.20. The summed E-state index contributed by atoms with van der Waals surface area (Å²) in [6.45, 7) is 0.410. The minimum Gasteiger partial charge on any atom is -0.372 e. The van der Waals surface area contributed by atoms with Crippen LogP contribution in [0.15, 0.2) is 46.9 Å². The van der Waals surface area contributed by atoms with E-state index in [9.17, 15) is 9.18 Å². The quantitative estimate of drug-likeness (QED) is 0.494.